The fourth-order valence-electron chi connectivity index (χ4n) is 2.97. The first-order valence-electron chi connectivity index (χ1n) is 7.60. The molecule has 0 radical (unpaired) electrons. The molecule has 1 aromatic carbocycles. The Morgan fingerprint density at radius 1 is 1.23 bits per heavy atom. The molecule has 0 aliphatic heterocycles. The summed E-state index contributed by atoms with van der Waals surface area (Å²) in [5.74, 6) is 1.00. The van der Waals surface area contributed by atoms with E-state index in [1.165, 1.54) is 12.8 Å². The van der Waals surface area contributed by atoms with Gasteiger partial charge in [-0.3, -0.25) is 0 Å². The molecule has 2 aromatic rings. The minimum Gasteiger partial charge on any atom is -0.338 e. The maximum atomic E-state index is 12.3. The van der Waals surface area contributed by atoms with Crippen LogP contribution in [0.25, 0.3) is 0 Å². The zero-order valence-electron chi connectivity index (χ0n) is 12.7. The van der Waals surface area contributed by atoms with E-state index in [4.69, 9.17) is 4.52 Å². The molecule has 0 saturated heterocycles. The lowest BCUT2D eigenvalue weighted by Crippen LogP contribution is -2.08. The van der Waals surface area contributed by atoms with E-state index in [0.29, 0.717) is 11.7 Å². The first kappa shape index (κ1) is 15.2. The molecular formula is C16H20N2O3S. The average Bonchev–Trinajstić information content (AvgIpc) is 3.07. The topological polar surface area (TPSA) is 73.1 Å². The molecule has 22 heavy (non-hydrogen) atoms. The smallest absolute Gasteiger partial charge is 0.241 e. The lowest BCUT2D eigenvalue weighted by molar-refractivity contribution is 0.378. The lowest BCUT2D eigenvalue weighted by atomic mass is 10.1. The number of aromatic nitrogens is 2. The van der Waals surface area contributed by atoms with Gasteiger partial charge in [-0.15, -0.1) is 0 Å². The van der Waals surface area contributed by atoms with Crippen molar-refractivity contribution in [2.45, 2.75) is 50.0 Å². The summed E-state index contributed by atoms with van der Waals surface area (Å²) in [7, 11) is -3.31. The van der Waals surface area contributed by atoms with Gasteiger partial charge in [0, 0.05) is 5.92 Å². The van der Waals surface area contributed by atoms with Crippen molar-refractivity contribution in [1.82, 2.24) is 10.1 Å². The van der Waals surface area contributed by atoms with E-state index in [1.54, 1.807) is 0 Å². The van der Waals surface area contributed by atoms with E-state index in [2.05, 4.69) is 10.1 Å². The summed E-state index contributed by atoms with van der Waals surface area (Å²) in [6, 6.07) is 7.52. The van der Waals surface area contributed by atoms with Crippen LogP contribution in [-0.4, -0.2) is 18.6 Å². The molecule has 1 aliphatic carbocycles. The van der Waals surface area contributed by atoms with Gasteiger partial charge in [0.25, 0.3) is 0 Å². The predicted molar refractivity (Wildman–Crippen MR) is 83.0 cm³/mol. The Balaban J connectivity index is 1.68. The second-order valence-electron chi connectivity index (χ2n) is 6.05. The van der Waals surface area contributed by atoms with Crippen LogP contribution >= 0.6 is 0 Å². The van der Waals surface area contributed by atoms with E-state index in [9.17, 15) is 8.42 Å². The Morgan fingerprint density at radius 3 is 2.73 bits per heavy atom. The van der Waals surface area contributed by atoms with Gasteiger partial charge in [-0.1, -0.05) is 47.8 Å². The van der Waals surface area contributed by atoms with Gasteiger partial charge in [-0.25, -0.2) is 8.42 Å². The highest BCUT2D eigenvalue weighted by Gasteiger charge is 2.24. The van der Waals surface area contributed by atoms with Gasteiger partial charge in [-0.2, -0.15) is 4.98 Å². The van der Waals surface area contributed by atoms with Crippen LogP contribution in [0.1, 0.15) is 54.4 Å². The SMILES string of the molecule is Cc1cccc(CS(=O)(=O)Cc2nc(C3CCCC3)no2)c1. The fourth-order valence-corrected chi connectivity index (χ4v) is 4.25. The highest BCUT2D eigenvalue weighted by atomic mass is 32.2. The molecule has 1 saturated carbocycles. The van der Waals surface area contributed by atoms with Crippen molar-refractivity contribution in [3.8, 4) is 0 Å². The van der Waals surface area contributed by atoms with Crippen molar-refractivity contribution in [1.29, 1.82) is 0 Å². The first-order chi connectivity index (χ1) is 10.5. The minimum atomic E-state index is -3.31. The number of nitrogens with zero attached hydrogens (tertiary/aromatic N) is 2. The Bertz CT molecular complexity index is 746. The molecule has 0 bridgehead atoms. The van der Waals surface area contributed by atoms with E-state index in [1.807, 2.05) is 31.2 Å². The third kappa shape index (κ3) is 3.74. The first-order valence-corrected chi connectivity index (χ1v) is 9.42. The van der Waals surface area contributed by atoms with Gasteiger partial charge in [0.1, 0.15) is 5.75 Å². The predicted octanol–water partition coefficient (Wildman–Crippen LogP) is 3.15. The second kappa shape index (κ2) is 6.20. The average molecular weight is 320 g/mol. The Labute approximate surface area is 130 Å². The van der Waals surface area contributed by atoms with Gasteiger partial charge in [0.15, 0.2) is 15.7 Å². The van der Waals surface area contributed by atoms with Crippen molar-refractivity contribution in [2.75, 3.05) is 0 Å². The monoisotopic (exact) mass is 320 g/mol. The molecule has 5 nitrogen and oxygen atoms in total. The number of benzene rings is 1. The van der Waals surface area contributed by atoms with Crippen LogP contribution in [0.15, 0.2) is 28.8 Å². The van der Waals surface area contributed by atoms with E-state index >= 15 is 0 Å². The maximum Gasteiger partial charge on any atom is 0.241 e. The van der Waals surface area contributed by atoms with Crippen LogP contribution in [-0.2, 0) is 21.3 Å². The quantitative estimate of drug-likeness (QED) is 0.846. The van der Waals surface area contributed by atoms with Gasteiger partial charge in [0.2, 0.25) is 5.89 Å². The van der Waals surface area contributed by atoms with Crippen molar-refractivity contribution >= 4 is 9.84 Å². The molecule has 0 atom stereocenters. The van der Waals surface area contributed by atoms with Gasteiger partial charge in [-0.05, 0) is 25.3 Å². The molecule has 1 fully saturated rings. The zero-order chi connectivity index (χ0) is 15.6. The van der Waals surface area contributed by atoms with E-state index in [0.717, 1.165) is 24.0 Å². The summed E-state index contributed by atoms with van der Waals surface area (Å²) in [5.41, 5.74) is 1.84. The molecule has 0 spiro atoms. The van der Waals surface area contributed by atoms with Gasteiger partial charge in [0.05, 0.1) is 5.75 Å². The summed E-state index contributed by atoms with van der Waals surface area (Å²) in [6.45, 7) is 1.95. The van der Waals surface area contributed by atoms with Crippen molar-refractivity contribution in [2.24, 2.45) is 0 Å². The number of rotatable bonds is 5. The molecule has 0 N–H and O–H groups in total. The van der Waals surface area contributed by atoms with Gasteiger partial charge < -0.3 is 4.52 Å². The zero-order valence-corrected chi connectivity index (χ0v) is 13.5. The van der Waals surface area contributed by atoms with Crippen LogP contribution in [0.5, 0.6) is 0 Å². The van der Waals surface area contributed by atoms with Crippen LogP contribution < -0.4 is 0 Å². The Hall–Kier alpha value is -1.69. The van der Waals surface area contributed by atoms with Crippen molar-refractivity contribution in [3.63, 3.8) is 0 Å². The lowest BCUT2D eigenvalue weighted by Gasteiger charge is -2.03. The van der Waals surface area contributed by atoms with Crippen LogP contribution in [0.4, 0.5) is 0 Å². The number of hydrogen-bond acceptors (Lipinski definition) is 5. The molecule has 0 unspecified atom stereocenters. The molecule has 118 valence electrons. The summed E-state index contributed by atoms with van der Waals surface area (Å²) < 4.78 is 29.7. The fraction of sp³-hybridized carbons (Fsp3) is 0.500. The van der Waals surface area contributed by atoms with Crippen LogP contribution in [0.2, 0.25) is 0 Å². The normalized spacial score (nSPS) is 16.2. The molecule has 1 heterocycles. The van der Waals surface area contributed by atoms with Crippen LogP contribution in [0, 0.1) is 6.92 Å². The van der Waals surface area contributed by atoms with Gasteiger partial charge >= 0.3 is 0 Å². The summed E-state index contributed by atoms with van der Waals surface area (Å²) in [4.78, 5) is 4.28. The maximum absolute atomic E-state index is 12.3. The molecule has 1 aromatic heterocycles. The van der Waals surface area contributed by atoms with E-state index < -0.39 is 9.84 Å². The Morgan fingerprint density at radius 2 is 2.00 bits per heavy atom. The standard InChI is InChI=1S/C16H20N2O3S/c1-12-5-4-6-13(9-12)10-22(19,20)11-15-17-16(18-21-15)14-7-2-3-8-14/h4-6,9,14H,2-3,7-8,10-11H2,1H3. The molecule has 3 rings (SSSR count). The molecule has 6 heteroatoms. The third-order valence-electron chi connectivity index (χ3n) is 4.02. The largest absolute Gasteiger partial charge is 0.338 e. The number of aryl methyl sites for hydroxylation is 1. The summed E-state index contributed by atoms with van der Waals surface area (Å²) in [5, 5.41) is 3.95. The van der Waals surface area contributed by atoms with Crippen molar-refractivity contribution in [3.05, 3.63) is 47.1 Å². The number of sulfone groups is 1. The highest BCUT2D eigenvalue weighted by Crippen LogP contribution is 2.32. The van der Waals surface area contributed by atoms with E-state index in [-0.39, 0.29) is 17.4 Å². The summed E-state index contributed by atoms with van der Waals surface area (Å²) in [6.07, 6.45) is 4.49. The molecule has 1 aliphatic rings. The molecule has 0 amide bonds. The van der Waals surface area contributed by atoms with Crippen LogP contribution in [0.3, 0.4) is 0 Å². The Kier molecular flexibility index (Phi) is 4.29. The number of hydrogen-bond donors (Lipinski definition) is 0. The summed E-state index contributed by atoms with van der Waals surface area (Å²) >= 11 is 0. The highest BCUT2D eigenvalue weighted by molar-refractivity contribution is 7.89. The minimum absolute atomic E-state index is 0.00414. The third-order valence-corrected chi connectivity index (χ3v) is 5.48. The molecular weight excluding hydrogens is 300 g/mol. The second-order valence-corrected chi connectivity index (χ2v) is 8.11. The van der Waals surface area contributed by atoms with Crippen molar-refractivity contribution < 1.29 is 12.9 Å².